The van der Waals surface area contributed by atoms with Crippen LogP contribution in [-0.4, -0.2) is 94.0 Å². The highest BCUT2D eigenvalue weighted by Gasteiger charge is 2.39. The summed E-state index contributed by atoms with van der Waals surface area (Å²) in [6.07, 6.45) is 1.49. The zero-order chi connectivity index (χ0) is 31.3. The maximum atomic E-state index is 13.3. The number of alkyl halides is 3. The summed E-state index contributed by atoms with van der Waals surface area (Å²) in [4.78, 5) is 33.5. The normalized spacial score (nSPS) is 19.1. The standard InChI is InChI=1S/C31H38F3N7O3/c1-3-25(22-10-17-39(18-11-22)26(42)9-12-31(32,33)34)27-37-29(38-41(27)4-2)36-24-7-5-23(6-8-24)28(43)40-19-20-44-30(21-40)13-15-35-16-14-30/h3-8,10,35H,2,9,11-21H2,1H3,(H,36,38)/b25-3-. The van der Waals surface area contributed by atoms with Gasteiger partial charge in [-0.1, -0.05) is 18.7 Å². The number of benzene rings is 1. The Morgan fingerprint density at radius 2 is 1.91 bits per heavy atom. The highest BCUT2D eigenvalue weighted by Crippen LogP contribution is 2.31. The molecule has 236 valence electrons. The van der Waals surface area contributed by atoms with Gasteiger partial charge in [-0.05, 0) is 69.1 Å². The van der Waals surface area contributed by atoms with Gasteiger partial charge in [-0.2, -0.15) is 18.2 Å². The van der Waals surface area contributed by atoms with E-state index in [1.165, 1.54) is 11.1 Å². The molecule has 44 heavy (non-hydrogen) atoms. The van der Waals surface area contributed by atoms with E-state index in [1.807, 2.05) is 36.1 Å². The number of amides is 2. The molecule has 2 amide bonds. The van der Waals surface area contributed by atoms with Gasteiger partial charge in [-0.3, -0.25) is 9.59 Å². The van der Waals surface area contributed by atoms with Crippen molar-refractivity contribution in [3.63, 3.8) is 0 Å². The van der Waals surface area contributed by atoms with Crippen LogP contribution in [0.5, 0.6) is 0 Å². The number of morpholine rings is 1. The summed E-state index contributed by atoms with van der Waals surface area (Å²) in [7, 11) is 0. The highest BCUT2D eigenvalue weighted by molar-refractivity contribution is 5.94. The maximum absolute atomic E-state index is 13.3. The van der Waals surface area contributed by atoms with E-state index in [4.69, 9.17) is 4.74 Å². The molecule has 0 atom stereocenters. The van der Waals surface area contributed by atoms with E-state index in [9.17, 15) is 22.8 Å². The lowest BCUT2D eigenvalue weighted by Crippen LogP contribution is -2.57. The van der Waals surface area contributed by atoms with Crippen LogP contribution in [0.2, 0.25) is 0 Å². The third-order valence-corrected chi connectivity index (χ3v) is 8.30. The second-order valence-corrected chi connectivity index (χ2v) is 11.2. The van der Waals surface area contributed by atoms with Crippen LogP contribution < -0.4 is 10.6 Å². The van der Waals surface area contributed by atoms with Gasteiger partial charge in [0.2, 0.25) is 11.9 Å². The molecule has 0 unspecified atom stereocenters. The largest absolute Gasteiger partial charge is 0.389 e. The molecule has 2 saturated heterocycles. The summed E-state index contributed by atoms with van der Waals surface area (Å²) in [5.74, 6) is 0.343. The molecule has 1 spiro atoms. The van der Waals surface area contributed by atoms with Gasteiger partial charge in [0.25, 0.3) is 5.91 Å². The number of nitrogens with zero attached hydrogens (tertiary/aromatic N) is 5. The van der Waals surface area contributed by atoms with Crippen LogP contribution in [0.25, 0.3) is 11.8 Å². The molecule has 13 heteroatoms. The third kappa shape index (κ3) is 7.39. The van der Waals surface area contributed by atoms with Crippen LogP contribution in [-0.2, 0) is 9.53 Å². The van der Waals surface area contributed by atoms with E-state index in [2.05, 4.69) is 27.3 Å². The van der Waals surface area contributed by atoms with Crippen molar-refractivity contribution in [1.82, 2.24) is 29.9 Å². The fourth-order valence-electron chi connectivity index (χ4n) is 5.90. The smallest absolute Gasteiger partial charge is 0.371 e. The average Bonchev–Trinajstić information content (AvgIpc) is 3.43. The van der Waals surface area contributed by atoms with Gasteiger partial charge in [-0.15, -0.1) is 5.10 Å². The fraction of sp³-hybridized carbons (Fsp3) is 0.484. The number of carbonyl (C=O) groups is 2. The van der Waals surface area contributed by atoms with Gasteiger partial charge in [0.1, 0.15) is 0 Å². The quantitative estimate of drug-likeness (QED) is 0.448. The van der Waals surface area contributed by atoms with Crippen LogP contribution >= 0.6 is 0 Å². The average molecular weight is 614 g/mol. The SMILES string of the molecule is C=Cn1nc(Nc2ccc(C(=O)N3CCOC4(CCNCC4)C3)cc2)nc1/C(=C\C)C1=CCN(C(=O)CCC(F)(F)F)CC1. The van der Waals surface area contributed by atoms with Gasteiger partial charge >= 0.3 is 6.18 Å². The lowest BCUT2D eigenvalue weighted by atomic mass is 9.90. The second kappa shape index (κ2) is 13.3. The molecule has 2 aromatic rings. The third-order valence-electron chi connectivity index (χ3n) is 8.30. The summed E-state index contributed by atoms with van der Waals surface area (Å²) >= 11 is 0. The summed E-state index contributed by atoms with van der Waals surface area (Å²) in [5, 5.41) is 11.0. The zero-order valence-electron chi connectivity index (χ0n) is 24.8. The van der Waals surface area contributed by atoms with Crippen LogP contribution in [0.3, 0.4) is 0 Å². The number of halogens is 3. The van der Waals surface area contributed by atoms with Crippen LogP contribution in [0.1, 0.15) is 55.2 Å². The Morgan fingerprint density at radius 1 is 1.16 bits per heavy atom. The second-order valence-electron chi connectivity index (χ2n) is 11.2. The number of aromatic nitrogens is 3. The molecule has 0 aliphatic carbocycles. The number of piperidine rings is 1. The molecule has 0 radical (unpaired) electrons. The molecule has 10 nitrogen and oxygen atoms in total. The van der Waals surface area contributed by atoms with E-state index < -0.39 is 24.9 Å². The Labute approximate surface area is 254 Å². The molecule has 1 aromatic carbocycles. The Hall–Kier alpha value is -3.97. The molecular weight excluding hydrogens is 575 g/mol. The first kappa shape index (κ1) is 31.5. The number of carbonyl (C=O) groups excluding carboxylic acids is 2. The van der Waals surface area contributed by atoms with Crippen molar-refractivity contribution >= 4 is 35.2 Å². The molecule has 5 rings (SSSR count). The predicted octanol–water partition coefficient (Wildman–Crippen LogP) is 4.62. The lowest BCUT2D eigenvalue weighted by Gasteiger charge is -2.45. The Kier molecular flexibility index (Phi) is 9.54. The first-order chi connectivity index (χ1) is 21.1. The number of nitrogens with one attached hydrogen (secondary N) is 2. The first-order valence-corrected chi connectivity index (χ1v) is 14.9. The van der Waals surface area contributed by atoms with Gasteiger partial charge in [0.15, 0.2) is 5.82 Å². The van der Waals surface area contributed by atoms with E-state index >= 15 is 0 Å². The molecule has 1 aromatic heterocycles. The molecule has 0 saturated carbocycles. The number of hydrogen-bond acceptors (Lipinski definition) is 7. The number of anilines is 2. The number of rotatable bonds is 8. The Balaban J connectivity index is 1.22. The van der Waals surface area contributed by atoms with E-state index in [1.54, 1.807) is 16.8 Å². The first-order valence-electron chi connectivity index (χ1n) is 14.9. The minimum Gasteiger partial charge on any atom is -0.371 e. The maximum Gasteiger partial charge on any atom is 0.389 e. The summed E-state index contributed by atoms with van der Waals surface area (Å²) in [6, 6.07) is 7.19. The van der Waals surface area contributed by atoms with Gasteiger partial charge < -0.3 is 25.2 Å². The number of ether oxygens (including phenoxy) is 1. The monoisotopic (exact) mass is 613 g/mol. The van der Waals surface area contributed by atoms with Crippen molar-refractivity contribution in [2.45, 2.75) is 50.8 Å². The summed E-state index contributed by atoms with van der Waals surface area (Å²) in [5.41, 5.74) is 2.76. The van der Waals surface area contributed by atoms with Crippen molar-refractivity contribution in [2.24, 2.45) is 0 Å². The molecule has 3 aliphatic rings. The number of allylic oxidation sites excluding steroid dienone is 2. The Bertz CT molecular complexity index is 1420. The van der Waals surface area contributed by atoms with Crippen molar-refractivity contribution in [1.29, 1.82) is 0 Å². The topological polar surface area (TPSA) is 105 Å². The summed E-state index contributed by atoms with van der Waals surface area (Å²) < 4.78 is 45.3. The number of hydrogen-bond donors (Lipinski definition) is 2. The van der Waals surface area contributed by atoms with Crippen LogP contribution in [0, 0.1) is 0 Å². The highest BCUT2D eigenvalue weighted by atomic mass is 19.4. The molecule has 3 aliphatic heterocycles. The fourth-order valence-corrected chi connectivity index (χ4v) is 5.90. The molecule has 2 fully saturated rings. The minimum atomic E-state index is -4.36. The molecule has 2 N–H and O–H groups in total. The molecular formula is C31H38F3N7O3. The molecule has 0 bridgehead atoms. The molecule has 4 heterocycles. The minimum absolute atomic E-state index is 0.0202. The Morgan fingerprint density at radius 3 is 2.55 bits per heavy atom. The van der Waals surface area contributed by atoms with Gasteiger partial charge in [0, 0.05) is 49.1 Å². The van der Waals surface area contributed by atoms with Crippen molar-refractivity contribution in [3.05, 3.63) is 60.0 Å². The van der Waals surface area contributed by atoms with Gasteiger partial charge in [-0.25, -0.2) is 4.68 Å². The van der Waals surface area contributed by atoms with Crippen molar-refractivity contribution < 1.29 is 27.5 Å². The van der Waals surface area contributed by atoms with E-state index in [-0.39, 0.29) is 18.1 Å². The predicted molar refractivity (Wildman–Crippen MR) is 161 cm³/mol. The van der Waals surface area contributed by atoms with Crippen LogP contribution in [0.4, 0.5) is 24.8 Å². The van der Waals surface area contributed by atoms with Gasteiger partial charge in [0.05, 0.1) is 25.2 Å². The lowest BCUT2D eigenvalue weighted by molar-refractivity contribution is -0.148. The van der Waals surface area contributed by atoms with E-state index in [0.717, 1.165) is 37.1 Å². The van der Waals surface area contributed by atoms with Crippen LogP contribution in [0.15, 0.2) is 48.6 Å². The zero-order valence-corrected chi connectivity index (χ0v) is 24.8. The van der Waals surface area contributed by atoms with Crippen molar-refractivity contribution in [3.8, 4) is 0 Å². The van der Waals surface area contributed by atoms with E-state index in [0.29, 0.717) is 55.7 Å². The summed E-state index contributed by atoms with van der Waals surface area (Å²) in [6.45, 7) is 9.73. The van der Waals surface area contributed by atoms with Crippen molar-refractivity contribution in [2.75, 3.05) is 51.2 Å².